The summed E-state index contributed by atoms with van der Waals surface area (Å²) in [6.45, 7) is 0. The SMILES string of the molecule is Clc1nc2ccccc2nc1Cl.O=S(=O)(O)Cl. The number of benzene rings is 1. The molecule has 0 saturated carbocycles. The van der Waals surface area contributed by atoms with Crippen LogP contribution in [-0.4, -0.2) is 22.9 Å². The molecule has 1 aromatic heterocycles. The number of aromatic nitrogens is 2. The van der Waals surface area contributed by atoms with E-state index >= 15 is 0 Å². The lowest BCUT2D eigenvalue weighted by molar-refractivity contribution is 0.501. The normalized spacial score (nSPS) is 10.8. The minimum absolute atomic E-state index is 0.246. The first-order valence-corrected chi connectivity index (χ1v) is 7.04. The van der Waals surface area contributed by atoms with E-state index in [1.165, 1.54) is 0 Å². The molecular formula is C8H5Cl3N2O3S. The molecule has 0 bridgehead atoms. The highest BCUT2D eigenvalue weighted by Crippen LogP contribution is 2.20. The maximum absolute atomic E-state index is 8.95. The number of hydrogen-bond donors (Lipinski definition) is 1. The molecule has 0 aliphatic heterocycles. The van der Waals surface area contributed by atoms with Crippen molar-refractivity contribution < 1.29 is 13.0 Å². The molecule has 0 aliphatic carbocycles. The van der Waals surface area contributed by atoms with Gasteiger partial charge in [0.05, 0.1) is 11.0 Å². The first-order chi connectivity index (χ1) is 7.77. The van der Waals surface area contributed by atoms with Crippen LogP contribution in [0, 0.1) is 0 Å². The third-order valence-corrected chi connectivity index (χ3v) is 2.11. The lowest BCUT2D eigenvalue weighted by Gasteiger charge is -1.97. The lowest BCUT2D eigenvalue weighted by atomic mass is 10.3. The van der Waals surface area contributed by atoms with E-state index in [4.69, 9.17) is 36.2 Å². The zero-order chi connectivity index (χ0) is 13.1. The fraction of sp³-hybridized carbons (Fsp3) is 0. The van der Waals surface area contributed by atoms with Gasteiger partial charge in [0.1, 0.15) is 0 Å². The molecule has 2 aromatic rings. The molecule has 9 heteroatoms. The van der Waals surface area contributed by atoms with E-state index in [0.29, 0.717) is 0 Å². The van der Waals surface area contributed by atoms with Crippen molar-refractivity contribution in [1.82, 2.24) is 9.97 Å². The van der Waals surface area contributed by atoms with Crippen LogP contribution >= 0.6 is 33.9 Å². The van der Waals surface area contributed by atoms with Crippen molar-refractivity contribution in [2.75, 3.05) is 0 Å². The molecule has 17 heavy (non-hydrogen) atoms. The van der Waals surface area contributed by atoms with Gasteiger partial charge in [-0.2, -0.15) is 8.42 Å². The molecule has 0 unspecified atom stereocenters. The second-order valence-corrected chi connectivity index (χ2v) is 5.42. The summed E-state index contributed by atoms with van der Waals surface area (Å²) in [4.78, 5) is 8.09. The Labute approximate surface area is 112 Å². The molecule has 92 valence electrons. The van der Waals surface area contributed by atoms with Crippen LogP contribution in [0.15, 0.2) is 24.3 Å². The average molecular weight is 316 g/mol. The summed E-state index contributed by atoms with van der Waals surface area (Å²) in [5.41, 5.74) is 1.51. The molecule has 2 rings (SSSR count). The molecular weight excluding hydrogens is 311 g/mol. The highest BCUT2D eigenvalue weighted by molar-refractivity contribution is 8.09. The van der Waals surface area contributed by atoms with Gasteiger partial charge in [-0.15, -0.1) is 0 Å². The first-order valence-electron chi connectivity index (χ1n) is 4.02. The zero-order valence-corrected chi connectivity index (χ0v) is 11.1. The fourth-order valence-corrected chi connectivity index (χ4v) is 1.22. The van der Waals surface area contributed by atoms with Crippen LogP contribution in [0.2, 0.25) is 10.3 Å². The molecule has 0 saturated heterocycles. The van der Waals surface area contributed by atoms with Crippen molar-refractivity contribution in [3.8, 4) is 0 Å². The molecule has 0 aliphatic rings. The van der Waals surface area contributed by atoms with Gasteiger partial charge in [0, 0.05) is 10.7 Å². The van der Waals surface area contributed by atoms with Crippen molar-refractivity contribution in [2.45, 2.75) is 0 Å². The van der Waals surface area contributed by atoms with E-state index in [1.807, 2.05) is 24.3 Å². The number of halogens is 3. The number of hydrogen-bond acceptors (Lipinski definition) is 4. The predicted octanol–water partition coefficient (Wildman–Crippen LogP) is 2.96. The molecule has 0 fully saturated rings. The largest absolute Gasteiger partial charge is 0.353 e. The van der Waals surface area contributed by atoms with Crippen LogP contribution < -0.4 is 0 Å². The second kappa shape index (κ2) is 5.79. The smallest absolute Gasteiger partial charge is 0.273 e. The maximum Gasteiger partial charge on any atom is 0.353 e. The van der Waals surface area contributed by atoms with Gasteiger partial charge in [0.2, 0.25) is 0 Å². The monoisotopic (exact) mass is 314 g/mol. The molecule has 0 atom stereocenters. The van der Waals surface area contributed by atoms with Gasteiger partial charge >= 0.3 is 9.33 Å². The van der Waals surface area contributed by atoms with E-state index in [2.05, 4.69) is 20.7 Å². The maximum atomic E-state index is 8.95. The van der Waals surface area contributed by atoms with Crippen LogP contribution in [0.3, 0.4) is 0 Å². The summed E-state index contributed by atoms with van der Waals surface area (Å²) in [7, 11) is -0.137. The van der Waals surface area contributed by atoms with Gasteiger partial charge in [-0.25, -0.2) is 9.97 Å². The number of rotatable bonds is 0. The van der Waals surface area contributed by atoms with Crippen molar-refractivity contribution in [3.05, 3.63) is 34.6 Å². The van der Waals surface area contributed by atoms with Gasteiger partial charge < -0.3 is 0 Å². The van der Waals surface area contributed by atoms with Gasteiger partial charge in [0.25, 0.3) is 0 Å². The molecule has 1 N–H and O–H groups in total. The van der Waals surface area contributed by atoms with Crippen molar-refractivity contribution in [3.63, 3.8) is 0 Å². The van der Waals surface area contributed by atoms with Gasteiger partial charge in [-0.05, 0) is 12.1 Å². The predicted molar refractivity (Wildman–Crippen MR) is 67.0 cm³/mol. The molecule has 0 spiro atoms. The lowest BCUT2D eigenvalue weighted by Crippen LogP contribution is -1.85. The van der Waals surface area contributed by atoms with Crippen molar-refractivity contribution in [1.29, 1.82) is 0 Å². The van der Waals surface area contributed by atoms with Crippen molar-refractivity contribution >= 4 is 54.2 Å². The van der Waals surface area contributed by atoms with Crippen LogP contribution in [0.25, 0.3) is 11.0 Å². The van der Waals surface area contributed by atoms with Crippen LogP contribution in [0.5, 0.6) is 0 Å². The van der Waals surface area contributed by atoms with Gasteiger partial charge in [-0.1, -0.05) is 35.3 Å². The molecule has 0 radical (unpaired) electrons. The number of fused-ring (bicyclic) bond motifs is 1. The van der Waals surface area contributed by atoms with E-state index in [1.54, 1.807) is 0 Å². The third-order valence-electron chi connectivity index (χ3n) is 1.49. The van der Waals surface area contributed by atoms with E-state index in [9.17, 15) is 0 Å². The molecule has 5 nitrogen and oxygen atoms in total. The minimum atomic E-state index is -4.19. The van der Waals surface area contributed by atoms with Gasteiger partial charge in [0.15, 0.2) is 10.3 Å². The molecule has 1 aromatic carbocycles. The Morgan fingerprint density at radius 3 is 1.59 bits per heavy atom. The number of nitrogens with zero attached hydrogens (tertiary/aromatic N) is 2. The van der Waals surface area contributed by atoms with E-state index < -0.39 is 9.33 Å². The van der Waals surface area contributed by atoms with Crippen LogP contribution in [-0.2, 0) is 9.33 Å². The Balaban J connectivity index is 0.000000249. The molecule has 1 heterocycles. The highest BCUT2D eigenvalue weighted by atomic mass is 35.7. The summed E-state index contributed by atoms with van der Waals surface area (Å²) < 4.78 is 25.2. The van der Waals surface area contributed by atoms with Crippen LogP contribution in [0.1, 0.15) is 0 Å². The Kier molecular flexibility index (Phi) is 4.91. The quantitative estimate of drug-likeness (QED) is 0.597. The number of para-hydroxylation sites is 2. The van der Waals surface area contributed by atoms with E-state index in [0.717, 1.165) is 11.0 Å². The van der Waals surface area contributed by atoms with Crippen LogP contribution in [0.4, 0.5) is 0 Å². The Hall–Kier alpha value is -0.660. The summed E-state index contributed by atoms with van der Waals surface area (Å²) in [5, 5.41) is 0.491. The first kappa shape index (κ1) is 14.4. The van der Waals surface area contributed by atoms with Crippen molar-refractivity contribution in [2.24, 2.45) is 0 Å². The third kappa shape index (κ3) is 5.47. The van der Waals surface area contributed by atoms with Gasteiger partial charge in [-0.3, -0.25) is 4.55 Å². The minimum Gasteiger partial charge on any atom is -0.273 e. The average Bonchev–Trinajstić information content (AvgIpc) is 2.17. The summed E-state index contributed by atoms with van der Waals surface area (Å²) in [5.74, 6) is 0. The zero-order valence-electron chi connectivity index (χ0n) is 8.01. The highest BCUT2D eigenvalue weighted by Gasteiger charge is 2.02. The Bertz CT molecular complexity index is 584. The summed E-state index contributed by atoms with van der Waals surface area (Å²) >= 11 is 11.4. The Morgan fingerprint density at radius 2 is 1.29 bits per heavy atom. The topological polar surface area (TPSA) is 80.2 Å². The standard InChI is InChI=1S/C8H4Cl2N2.ClHO3S/c9-7-8(10)12-6-4-2-1-3-5(6)11-7;1-5(2,3)4/h1-4H;(H,2,3,4). The Morgan fingerprint density at radius 1 is 1.00 bits per heavy atom. The molecule has 0 amide bonds. The van der Waals surface area contributed by atoms with E-state index in [-0.39, 0.29) is 10.3 Å². The summed E-state index contributed by atoms with van der Waals surface area (Å²) in [6.07, 6.45) is 0. The second-order valence-electron chi connectivity index (χ2n) is 2.71. The summed E-state index contributed by atoms with van der Waals surface area (Å²) in [6, 6.07) is 7.43. The fourth-order valence-electron chi connectivity index (χ4n) is 0.957.